The van der Waals surface area contributed by atoms with Crippen molar-refractivity contribution in [1.29, 1.82) is 0 Å². The second-order valence-corrected chi connectivity index (χ2v) is 9.75. The lowest BCUT2D eigenvalue weighted by atomic mass is 9.82. The number of benzene rings is 1. The molecule has 7 heteroatoms. The number of nitrogens with zero attached hydrogens (tertiary/aromatic N) is 1. The molecule has 2 aromatic rings. The fourth-order valence-electron chi connectivity index (χ4n) is 2.77. The van der Waals surface area contributed by atoms with Crippen molar-refractivity contribution in [3.63, 3.8) is 0 Å². The van der Waals surface area contributed by atoms with Crippen LogP contribution in [0.15, 0.2) is 36.5 Å². The molecule has 0 aliphatic carbocycles. The third kappa shape index (κ3) is 3.56. The van der Waals surface area contributed by atoms with Gasteiger partial charge in [0.1, 0.15) is 17.0 Å². The van der Waals surface area contributed by atoms with E-state index >= 15 is 0 Å². The van der Waals surface area contributed by atoms with Crippen molar-refractivity contribution in [3.05, 3.63) is 57.8 Å². The van der Waals surface area contributed by atoms with Crippen LogP contribution in [0.3, 0.4) is 0 Å². The largest absolute Gasteiger partial charge is 0.491 e. The third-order valence-corrected chi connectivity index (χ3v) is 6.53. The van der Waals surface area contributed by atoms with E-state index in [0.29, 0.717) is 34.5 Å². The van der Waals surface area contributed by atoms with Crippen LogP contribution in [0.25, 0.3) is 0 Å². The van der Waals surface area contributed by atoms with Crippen LogP contribution in [0.4, 0.5) is 0 Å². The van der Waals surface area contributed by atoms with Gasteiger partial charge in [0, 0.05) is 12.6 Å². The SMILES string of the molecule is CC(C)(C)[S@@](=O)N[C@]1(c2ccc(Cl)c(Cl)c2)CCOc2cccnc21. The summed E-state index contributed by atoms with van der Waals surface area (Å²) in [4.78, 5) is 4.54. The molecular formula is C18H20Cl2N2O2S. The van der Waals surface area contributed by atoms with Crippen molar-refractivity contribution >= 4 is 34.2 Å². The molecule has 0 saturated carbocycles. The van der Waals surface area contributed by atoms with Gasteiger partial charge in [-0.1, -0.05) is 29.3 Å². The third-order valence-electron chi connectivity index (χ3n) is 4.15. The van der Waals surface area contributed by atoms with Gasteiger partial charge in [-0.3, -0.25) is 4.98 Å². The molecule has 1 aromatic carbocycles. The van der Waals surface area contributed by atoms with Gasteiger partial charge in [-0.2, -0.15) is 0 Å². The molecule has 1 N–H and O–H groups in total. The normalized spacial score (nSPS) is 21.3. The Bertz CT molecular complexity index is 823. The van der Waals surface area contributed by atoms with Crippen molar-refractivity contribution in [2.75, 3.05) is 6.61 Å². The molecule has 25 heavy (non-hydrogen) atoms. The fraction of sp³-hybridized carbons (Fsp3) is 0.389. The highest BCUT2D eigenvalue weighted by Crippen LogP contribution is 2.42. The van der Waals surface area contributed by atoms with Gasteiger partial charge in [0.15, 0.2) is 0 Å². The van der Waals surface area contributed by atoms with Gasteiger partial charge in [-0.25, -0.2) is 8.93 Å². The molecule has 2 heterocycles. The predicted octanol–water partition coefficient (Wildman–Crippen LogP) is 4.47. The van der Waals surface area contributed by atoms with Crippen LogP contribution in [0.5, 0.6) is 5.75 Å². The Hall–Kier alpha value is -1.14. The maximum atomic E-state index is 12.9. The van der Waals surface area contributed by atoms with Crippen molar-refractivity contribution in [1.82, 2.24) is 9.71 Å². The summed E-state index contributed by atoms with van der Waals surface area (Å²) in [6.07, 6.45) is 2.29. The van der Waals surface area contributed by atoms with E-state index in [4.69, 9.17) is 27.9 Å². The van der Waals surface area contributed by atoms with Gasteiger partial charge in [-0.15, -0.1) is 0 Å². The van der Waals surface area contributed by atoms with Gasteiger partial charge in [0.05, 0.1) is 32.4 Å². The first-order valence-electron chi connectivity index (χ1n) is 7.97. The zero-order chi connectivity index (χ0) is 18.2. The van der Waals surface area contributed by atoms with Crippen LogP contribution in [0.2, 0.25) is 10.0 Å². The summed E-state index contributed by atoms with van der Waals surface area (Å²) in [5, 5.41) is 0.927. The minimum atomic E-state index is -1.32. The second kappa shape index (κ2) is 6.88. The Morgan fingerprint density at radius 1 is 1.24 bits per heavy atom. The molecule has 1 aliphatic heterocycles. The van der Waals surface area contributed by atoms with Gasteiger partial charge in [0.2, 0.25) is 0 Å². The second-order valence-electron chi connectivity index (χ2n) is 6.97. The highest BCUT2D eigenvalue weighted by molar-refractivity contribution is 7.84. The molecule has 3 rings (SSSR count). The van der Waals surface area contributed by atoms with Crippen molar-refractivity contribution in [3.8, 4) is 5.75 Å². The van der Waals surface area contributed by atoms with E-state index in [1.165, 1.54) is 0 Å². The Morgan fingerprint density at radius 3 is 2.68 bits per heavy atom. The van der Waals surface area contributed by atoms with Crippen LogP contribution in [-0.4, -0.2) is 20.5 Å². The van der Waals surface area contributed by atoms with Gasteiger partial charge >= 0.3 is 0 Å². The molecule has 0 fully saturated rings. The lowest BCUT2D eigenvalue weighted by Gasteiger charge is -2.40. The summed E-state index contributed by atoms with van der Waals surface area (Å²) >= 11 is 12.4. The summed E-state index contributed by atoms with van der Waals surface area (Å²) in [5.74, 6) is 0.679. The van der Waals surface area contributed by atoms with Gasteiger partial charge < -0.3 is 4.74 Å². The standard InChI is InChI=1S/C18H20Cl2N2O2S/c1-17(2,3)25(23)22-18(12-6-7-13(19)14(20)11-12)8-10-24-15-5-4-9-21-16(15)18/h4-7,9,11,22H,8,10H2,1-3H3/t18-,25+/m0/s1. The number of hydrogen-bond acceptors (Lipinski definition) is 3. The molecule has 0 bridgehead atoms. The number of fused-ring (bicyclic) bond motifs is 1. The first-order chi connectivity index (χ1) is 11.7. The summed E-state index contributed by atoms with van der Waals surface area (Å²) in [6.45, 7) is 6.26. The minimum Gasteiger partial charge on any atom is -0.491 e. The number of ether oxygens (including phenoxy) is 1. The smallest absolute Gasteiger partial charge is 0.143 e. The maximum absolute atomic E-state index is 12.9. The number of hydrogen-bond donors (Lipinski definition) is 1. The molecule has 1 aromatic heterocycles. The number of pyridine rings is 1. The molecule has 1 aliphatic rings. The molecule has 2 atom stereocenters. The zero-order valence-corrected chi connectivity index (χ0v) is 16.6. The van der Waals surface area contributed by atoms with Gasteiger partial charge in [-0.05, 0) is 50.6 Å². The van der Waals surface area contributed by atoms with E-state index in [1.54, 1.807) is 18.3 Å². The number of aromatic nitrogens is 1. The first kappa shape index (κ1) is 18.6. The van der Waals surface area contributed by atoms with Crippen LogP contribution in [0.1, 0.15) is 38.4 Å². The van der Waals surface area contributed by atoms with Crippen LogP contribution in [0, 0.1) is 0 Å². The molecule has 4 nitrogen and oxygen atoms in total. The Kier molecular flexibility index (Phi) is 5.13. The highest BCUT2D eigenvalue weighted by Gasteiger charge is 2.44. The zero-order valence-electron chi connectivity index (χ0n) is 14.3. The van der Waals surface area contributed by atoms with Crippen LogP contribution in [-0.2, 0) is 16.5 Å². The minimum absolute atomic E-state index is 0.434. The van der Waals surface area contributed by atoms with E-state index in [-0.39, 0.29) is 0 Å². The van der Waals surface area contributed by atoms with Crippen LogP contribution < -0.4 is 9.46 Å². The van der Waals surface area contributed by atoms with Crippen LogP contribution >= 0.6 is 23.2 Å². The maximum Gasteiger partial charge on any atom is 0.143 e. The molecule has 134 valence electrons. The molecule has 0 spiro atoms. The average Bonchev–Trinajstić information content (AvgIpc) is 2.56. The predicted molar refractivity (Wildman–Crippen MR) is 103 cm³/mol. The average molecular weight is 399 g/mol. The topological polar surface area (TPSA) is 51.2 Å². The summed E-state index contributed by atoms with van der Waals surface area (Å²) < 4.78 is 21.6. The highest BCUT2D eigenvalue weighted by atomic mass is 35.5. The monoisotopic (exact) mass is 398 g/mol. The Balaban J connectivity index is 2.19. The first-order valence-corrected chi connectivity index (χ1v) is 9.88. The molecule has 0 unspecified atom stereocenters. The lowest BCUT2D eigenvalue weighted by Crippen LogP contribution is -2.51. The van der Waals surface area contributed by atoms with Crippen molar-refractivity contribution in [2.24, 2.45) is 0 Å². The number of rotatable bonds is 3. The summed E-state index contributed by atoms with van der Waals surface area (Å²) in [6, 6.07) is 9.14. The number of nitrogens with one attached hydrogen (secondary N) is 1. The molecular weight excluding hydrogens is 379 g/mol. The van der Waals surface area contributed by atoms with E-state index in [1.807, 2.05) is 39.0 Å². The quantitative estimate of drug-likeness (QED) is 0.829. The Morgan fingerprint density at radius 2 is 2.00 bits per heavy atom. The van der Waals surface area contributed by atoms with E-state index in [9.17, 15) is 4.21 Å². The summed E-state index contributed by atoms with van der Waals surface area (Å²) in [5.41, 5.74) is 0.807. The Labute approximate surface area is 160 Å². The van der Waals surface area contributed by atoms with E-state index in [0.717, 1.165) is 5.56 Å². The molecule has 0 saturated heterocycles. The van der Waals surface area contributed by atoms with E-state index < -0.39 is 21.3 Å². The summed E-state index contributed by atoms with van der Waals surface area (Å²) in [7, 11) is -1.32. The van der Waals surface area contributed by atoms with Crippen molar-refractivity contribution in [2.45, 2.75) is 37.5 Å². The van der Waals surface area contributed by atoms with Gasteiger partial charge in [0.25, 0.3) is 0 Å². The fourth-order valence-corrected chi connectivity index (χ4v) is 4.01. The molecule has 0 radical (unpaired) electrons. The number of halogens is 2. The van der Waals surface area contributed by atoms with Crippen molar-refractivity contribution < 1.29 is 8.95 Å². The lowest BCUT2D eigenvalue weighted by molar-refractivity contribution is 0.223. The molecule has 0 amide bonds. The van der Waals surface area contributed by atoms with E-state index in [2.05, 4.69) is 9.71 Å².